The van der Waals surface area contributed by atoms with Crippen molar-refractivity contribution in [1.29, 1.82) is 5.26 Å². The van der Waals surface area contributed by atoms with Crippen molar-refractivity contribution in [3.63, 3.8) is 0 Å². The number of ether oxygens (including phenoxy) is 1. The van der Waals surface area contributed by atoms with E-state index >= 15 is 0 Å². The predicted molar refractivity (Wildman–Crippen MR) is 176 cm³/mol. The third-order valence-electron chi connectivity index (χ3n) is 7.12. The Morgan fingerprint density at radius 1 is 0.750 bits per heavy atom. The highest BCUT2D eigenvalue weighted by atomic mass is 16.5. The van der Waals surface area contributed by atoms with Crippen LogP contribution in [0.5, 0.6) is 0 Å². The topological polar surface area (TPSA) is 87.4 Å². The van der Waals surface area contributed by atoms with Crippen LogP contribution in [0.3, 0.4) is 0 Å². The molecule has 1 unspecified atom stereocenters. The molecule has 0 heterocycles. The average Bonchev–Trinajstić information content (AvgIpc) is 3.08. The summed E-state index contributed by atoms with van der Waals surface area (Å²) in [7, 11) is 0. The smallest absolute Gasteiger partial charge is 0.349 e. The van der Waals surface area contributed by atoms with E-state index in [1.165, 1.54) is 6.08 Å². The van der Waals surface area contributed by atoms with Crippen molar-refractivity contribution in [2.75, 3.05) is 6.61 Å². The van der Waals surface area contributed by atoms with Gasteiger partial charge in [0.25, 0.3) is 0 Å². The van der Waals surface area contributed by atoms with Gasteiger partial charge in [-0.2, -0.15) is 5.26 Å². The van der Waals surface area contributed by atoms with Gasteiger partial charge in [0, 0.05) is 11.6 Å². The van der Waals surface area contributed by atoms with E-state index in [9.17, 15) is 14.9 Å². The first-order valence-corrected chi connectivity index (χ1v) is 15.0. The lowest BCUT2D eigenvalue weighted by atomic mass is 9.93. The number of carbonyl (C=O) groups excluding carboxylic acids is 1. The van der Waals surface area contributed by atoms with Crippen LogP contribution < -0.4 is 0 Å². The van der Waals surface area contributed by atoms with Gasteiger partial charge in [-0.1, -0.05) is 154 Å². The summed E-state index contributed by atoms with van der Waals surface area (Å²) >= 11 is 0. The fourth-order valence-electron chi connectivity index (χ4n) is 4.72. The molecule has 0 fully saturated rings. The van der Waals surface area contributed by atoms with Crippen LogP contribution in [0.1, 0.15) is 61.8 Å². The second-order valence-electron chi connectivity index (χ2n) is 10.2. The molecule has 0 saturated carbocycles. The van der Waals surface area contributed by atoms with E-state index < -0.39 is 11.9 Å². The van der Waals surface area contributed by atoms with Crippen LogP contribution in [0, 0.1) is 17.2 Å². The molecular weight excluding hydrogens is 546 g/mol. The molecule has 5 heteroatoms. The molecule has 224 valence electrons. The highest BCUT2D eigenvalue weighted by Crippen LogP contribution is 2.28. The largest absolute Gasteiger partial charge is 0.478 e. The van der Waals surface area contributed by atoms with Crippen molar-refractivity contribution < 1.29 is 19.4 Å². The molecule has 0 aliphatic heterocycles. The molecule has 0 aliphatic rings. The summed E-state index contributed by atoms with van der Waals surface area (Å²) in [5.74, 6) is -1.14. The van der Waals surface area contributed by atoms with Crippen molar-refractivity contribution in [1.82, 2.24) is 0 Å². The maximum atomic E-state index is 12.8. The summed E-state index contributed by atoms with van der Waals surface area (Å²) in [4.78, 5) is 23.6. The highest BCUT2D eigenvalue weighted by Gasteiger charge is 2.21. The molecule has 0 spiro atoms. The number of carboxylic acid groups (broad SMARTS) is 1. The third kappa shape index (κ3) is 10.3. The molecule has 1 atom stereocenters. The van der Waals surface area contributed by atoms with Gasteiger partial charge < -0.3 is 9.84 Å². The number of hydrogen-bond acceptors (Lipinski definition) is 4. The number of carbonyl (C=O) groups is 2. The molecule has 0 radical (unpaired) electrons. The van der Waals surface area contributed by atoms with Crippen molar-refractivity contribution in [3.8, 4) is 6.07 Å². The van der Waals surface area contributed by atoms with E-state index in [2.05, 4.69) is 19.9 Å². The molecule has 44 heavy (non-hydrogen) atoms. The summed E-state index contributed by atoms with van der Waals surface area (Å²) in [6.45, 7) is 4.62. The van der Waals surface area contributed by atoms with E-state index in [0.717, 1.165) is 53.5 Å². The molecule has 4 aromatic carbocycles. The first-order chi connectivity index (χ1) is 21.5. The van der Waals surface area contributed by atoms with Gasteiger partial charge in [0.1, 0.15) is 11.6 Å². The molecule has 0 aliphatic carbocycles. The van der Waals surface area contributed by atoms with Gasteiger partial charge in [0.05, 0.1) is 6.61 Å². The van der Waals surface area contributed by atoms with E-state index in [1.54, 1.807) is 0 Å². The zero-order valence-corrected chi connectivity index (χ0v) is 25.4. The lowest BCUT2D eigenvalue weighted by molar-refractivity contribution is -0.140. The third-order valence-corrected chi connectivity index (χ3v) is 7.12. The Bertz CT molecular complexity index is 1470. The van der Waals surface area contributed by atoms with E-state index in [-0.39, 0.29) is 5.57 Å². The highest BCUT2D eigenvalue weighted by molar-refractivity contribution is 6.05. The number of unbranched alkanes of at least 4 members (excludes halogenated alkanes) is 1. The van der Waals surface area contributed by atoms with E-state index in [4.69, 9.17) is 9.84 Å². The maximum absolute atomic E-state index is 12.8. The number of esters is 1. The SMILES string of the molecule is CCCCC(CC)COC(=O)C(C#N)=C(c1ccccc1)c1ccccc1.O=C(O)C=C(c1ccccc1)c1ccccc1. The predicted octanol–water partition coefficient (Wildman–Crippen LogP) is 8.97. The monoisotopic (exact) mass is 585 g/mol. The number of aliphatic carboxylic acids is 1. The van der Waals surface area contributed by atoms with Gasteiger partial charge in [0.2, 0.25) is 0 Å². The van der Waals surface area contributed by atoms with Gasteiger partial charge in [-0.15, -0.1) is 0 Å². The lowest BCUT2D eigenvalue weighted by Gasteiger charge is -2.16. The molecule has 4 aromatic rings. The van der Waals surface area contributed by atoms with Crippen LogP contribution in [0.4, 0.5) is 0 Å². The molecule has 4 rings (SSSR count). The number of nitriles is 1. The molecule has 0 bridgehead atoms. The summed E-state index contributed by atoms with van der Waals surface area (Å²) < 4.78 is 5.55. The fraction of sp³-hybridized carbons (Fsp3) is 0.205. The normalized spacial score (nSPS) is 10.7. The molecule has 5 nitrogen and oxygen atoms in total. The Labute approximate surface area is 260 Å². The molecule has 0 amide bonds. The Kier molecular flexibility index (Phi) is 13.9. The Balaban J connectivity index is 0.000000266. The quantitative estimate of drug-likeness (QED) is 0.102. The van der Waals surface area contributed by atoms with Crippen molar-refractivity contribution in [2.45, 2.75) is 39.5 Å². The first kappa shape index (κ1) is 33.3. The lowest BCUT2D eigenvalue weighted by Crippen LogP contribution is -2.16. The first-order valence-electron chi connectivity index (χ1n) is 15.0. The second kappa shape index (κ2) is 18.4. The summed E-state index contributed by atoms with van der Waals surface area (Å²) in [6, 6.07) is 40.2. The van der Waals surface area contributed by atoms with Crippen LogP contribution in [0.2, 0.25) is 0 Å². The van der Waals surface area contributed by atoms with Gasteiger partial charge in [-0.3, -0.25) is 0 Å². The molecule has 0 aromatic heterocycles. The minimum atomic E-state index is -0.937. The zero-order valence-electron chi connectivity index (χ0n) is 25.4. The molecule has 1 N–H and O–H groups in total. The summed E-state index contributed by atoms with van der Waals surface area (Å²) in [5, 5.41) is 18.7. The van der Waals surface area contributed by atoms with E-state index in [0.29, 0.717) is 18.1 Å². The Morgan fingerprint density at radius 2 is 1.18 bits per heavy atom. The Hall–Kier alpha value is -5.21. The number of carboxylic acids is 1. The van der Waals surface area contributed by atoms with Gasteiger partial charge in [-0.05, 0) is 40.2 Å². The van der Waals surface area contributed by atoms with Gasteiger partial charge >= 0.3 is 11.9 Å². The standard InChI is InChI=1S/C24H27NO2.C15H12O2/c1-3-5-12-19(4-2)18-27-24(26)22(17-25)23(20-13-8-6-9-14-20)21-15-10-7-11-16-21;16-15(17)11-14(12-7-3-1-4-8-12)13-9-5-2-6-10-13/h6-11,13-16,19H,3-5,12,18H2,1-2H3;1-11H,(H,16,17). The zero-order chi connectivity index (χ0) is 31.6. The number of nitrogens with zero attached hydrogens (tertiary/aromatic N) is 1. The van der Waals surface area contributed by atoms with Gasteiger partial charge in [0.15, 0.2) is 0 Å². The Morgan fingerprint density at radius 3 is 1.55 bits per heavy atom. The van der Waals surface area contributed by atoms with Gasteiger partial charge in [-0.25, -0.2) is 9.59 Å². The minimum absolute atomic E-state index is 0.0535. The van der Waals surface area contributed by atoms with E-state index in [1.807, 2.05) is 121 Å². The van der Waals surface area contributed by atoms with Crippen molar-refractivity contribution in [2.24, 2.45) is 5.92 Å². The van der Waals surface area contributed by atoms with Crippen LogP contribution in [0.15, 0.2) is 133 Å². The number of benzene rings is 4. The van der Waals surface area contributed by atoms with Crippen LogP contribution >= 0.6 is 0 Å². The number of rotatable bonds is 12. The van der Waals surface area contributed by atoms with Crippen LogP contribution in [-0.2, 0) is 14.3 Å². The number of hydrogen-bond donors (Lipinski definition) is 1. The second-order valence-corrected chi connectivity index (χ2v) is 10.2. The fourth-order valence-corrected chi connectivity index (χ4v) is 4.72. The van der Waals surface area contributed by atoms with Crippen molar-refractivity contribution >= 4 is 23.1 Å². The van der Waals surface area contributed by atoms with Crippen LogP contribution in [0.25, 0.3) is 11.1 Å². The maximum Gasteiger partial charge on any atom is 0.349 e. The van der Waals surface area contributed by atoms with Crippen LogP contribution in [-0.4, -0.2) is 23.7 Å². The minimum Gasteiger partial charge on any atom is -0.478 e. The average molecular weight is 586 g/mol. The molecular formula is C39H39NO4. The molecule has 0 saturated heterocycles. The van der Waals surface area contributed by atoms with Crippen molar-refractivity contribution in [3.05, 3.63) is 155 Å². The summed E-state index contributed by atoms with van der Waals surface area (Å²) in [6.07, 6.45) is 5.49. The summed E-state index contributed by atoms with van der Waals surface area (Å²) in [5.41, 5.74) is 4.86.